The van der Waals surface area contributed by atoms with Crippen molar-refractivity contribution in [3.05, 3.63) is 30.1 Å². The van der Waals surface area contributed by atoms with Gasteiger partial charge in [0, 0.05) is 12.5 Å². The van der Waals surface area contributed by atoms with Crippen molar-refractivity contribution < 1.29 is 23.8 Å². The van der Waals surface area contributed by atoms with E-state index in [0.29, 0.717) is 38.0 Å². The predicted molar refractivity (Wildman–Crippen MR) is 78.0 cm³/mol. The maximum Gasteiger partial charge on any atom is 0.306 e. The van der Waals surface area contributed by atoms with Crippen molar-refractivity contribution in [2.24, 2.45) is 5.92 Å². The molecule has 0 bridgehead atoms. The standard InChI is InChI=1S/C16H20FNO4/c17-12-4-7-14(8-5-12)22-9-1-2-15(19)18-13-6-3-11(10-13)16(20)21/h4-5,7-8,11,13H,1-3,6,9-10H2,(H,18,19)(H,20,21)/t11-,13+/m1/s1. The largest absolute Gasteiger partial charge is 0.494 e. The molecule has 0 heterocycles. The maximum atomic E-state index is 12.7. The zero-order valence-corrected chi connectivity index (χ0v) is 12.3. The molecule has 0 unspecified atom stereocenters. The van der Waals surface area contributed by atoms with Crippen molar-refractivity contribution >= 4 is 11.9 Å². The van der Waals surface area contributed by atoms with Gasteiger partial charge in [0.05, 0.1) is 12.5 Å². The van der Waals surface area contributed by atoms with E-state index in [0.717, 1.165) is 6.42 Å². The van der Waals surface area contributed by atoms with Crippen LogP contribution in [-0.2, 0) is 9.59 Å². The minimum absolute atomic E-state index is 0.0355. The second-order valence-electron chi connectivity index (χ2n) is 5.52. The second kappa shape index (κ2) is 7.77. The number of nitrogens with one attached hydrogen (secondary N) is 1. The van der Waals surface area contributed by atoms with Crippen LogP contribution in [0.15, 0.2) is 24.3 Å². The van der Waals surface area contributed by atoms with Crippen LogP contribution >= 0.6 is 0 Å². The van der Waals surface area contributed by atoms with Gasteiger partial charge in [0.2, 0.25) is 5.91 Å². The predicted octanol–water partition coefficient (Wildman–Crippen LogP) is 2.35. The van der Waals surface area contributed by atoms with Crippen LogP contribution in [0.2, 0.25) is 0 Å². The number of halogens is 1. The van der Waals surface area contributed by atoms with Crippen LogP contribution in [0, 0.1) is 11.7 Å². The van der Waals surface area contributed by atoms with Crippen LogP contribution in [0.5, 0.6) is 5.75 Å². The molecule has 5 nitrogen and oxygen atoms in total. The minimum atomic E-state index is -0.788. The van der Waals surface area contributed by atoms with Crippen LogP contribution in [-0.4, -0.2) is 29.6 Å². The molecule has 0 aliphatic heterocycles. The fourth-order valence-electron chi connectivity index (χ4n) is 2.59. The molecule has 1 saturated carbocycles. The van der Waals surface area contributed by atoms with Crippen molar-refractivity contribution in [3.63, 3.8) is 0 Å². The SMILES string of the molecule is O=C(CCCOc1ccc(F)cc1)N[C@H]1CC[C@@H](C(=O)O)C1. The van der Waals surface area contributed by atoms with Gasteiger partial charge in [-0.3, -0.25) is 9.59 Å². The fraction of sp³-hybridized carbons (Fsp3) is 0.500. The van der Waals surface area contributed by atoms with Crippen molar-refractivity contribution in [1.82, 2.24) is 5.32 Å². The Labute approximate surface area is 128 Å². The number of hydrogen-bond acceptors (Lipinski definition) is 3. The van der Waals surface area contributed by atoms with Gasteiger partial charge in [-0.1, -0.05) is 0 Å². The highest BCUT2D eigenvalue weighted by Gasteiger charge is 2.30. The fourth-order valence-corrected chi connectivity index (χ4v) is 2.59. The number of aliphatic carboxylic acids is 1. The van der Waals surface area contributed by atoms with Crippen LogP contribution in [0.1, 0.15) is 32.1 Å². The molecule has 0 radical (unpaired) electrons. The molecule has 22 heavy (non-hydrogen) atoms. The summed E-state index contributed by atoms with van der Waals surface area (Å²) in [5.74, 6) is -0.958. The first-order chi connectivity index (χ1) is 10.5. The molecule has 1 aliphatic rings. The first-order valence-corrected chi connectivity index (χ1v) is 7.45. The van der Waals surface area contributed by atoms with Gasteiger partial charge < -0.3 is 15.2 Å². The molecular formula is C16H20FNO4. The third-order valence-electron chi connectivity index (χ3n) is 3.78. The summed E-state index contributed by atoms with van der Waals surface area (Å²) in [4.78, 5) is 22.6. The first-order valence-electron chi connectivity index (χ1n) is 7.45. The van der Waals surface area contributed by atoms with Gasteiger partial charge in [0.25, 0.3) is 0 Å². The second-order valence-corrected chi connectivity index (χ2v) is 5.52. The van der Waals surface area contributed by atoms with E-state index in [4.69, 9.17) is 9.84 Å². The van der Waals surface area contributed by atoms with Crippen molar-refractivity contribution in [1.29, 1.82) is 0 Å². The van der Waals surface area contributed by atoms with E-state index in [-0.39, 0.29) is 23.7 Å². The summed E-state index contributed by atoms with van der Waals surface area (Å²) in [6.45, 7) is 0.376. The average molecular weight is 309 g/mol. The average Bonchev–Trinajstić information content (AvgIpc) is 2.94. The van der Waals surface area contributed by atoms with Gasteiger partial charge in [-0.2, -0.15) is 0 Å². The molecule has 6 heteroatoms. The Bertz CT molecular complexity index is 517. The summed E-state index contributed by atoms with van der Waals surface area (Å²) in [6, 6.07) is 5.69. The Morgan fingerprint density at radius 1 is 1.27 bits per heavy atom. The zero-order valence-electron chi connectivity index (χ0n) is 12.3. The molecule has 1 amide bonds. The number of carboxylic acids is 1. The van der Waals surface area contributed by atoms with Gasteiger partial charge in [-0.15, -0.1) is 0 Å². The Hall–Kier alpha value is -2.11. The molecule has 0 spiro atoms. The van der Waals surface area contributed by atoms with E-state index in [2.05, 4.69) is 5.32 Å². The Morgan fingerprint density at radius 3 is 2.64 bits per heavy atom. The highest BCUT2D eigenvalue weighted by Crippen LogP contribution is 2.25. The maximum absolute atomic E-state index is 12.7. The topological polar surface area (TPSA) is 75.6 Å². The number of carboxylic acid groups (broad SMARTS) is 1. The zero-order chi connectivity index (χ0) is 15.9. The monoisotopic (exact) mass is 309 g/mol. The highest BCUT2D eigenvalue weighted by atomic mass is 19.1. The number of carbonyl (C=O) groups excluding carboxylic acids is 1. The number of ether oxygens (including phenoxy) is 1. The normalized spacial score (nSPS) is 20.6. The smallest absolute Gasteiger partial charge is 0.306 e. The molecule has 120 valence electrons. The lowest BCUT2D eigenvalue weighted by Gasteiger charge is -2.12. The van der Waals surface area contributed by atoms with E-state index >= 15 is 0 Å². The summed E-state index contributed by atoms with van der Waals surface area (Å²) >= 11 is 0. The lowest BCUT2D eigenvalue weighted by Crippen LogP contribution is -2.33. The van der Waals surface area contributed by atoms with E-state index in [1.54, 1.807) is 12.1 Å². The van der Waals surface area contributed by atoms with E-state index in [1.165, 1.54) is 12.1 Å². The number of hydrogen-bond donors (Lipinski definition) is 2. The number of rotatable bonds is 7. The Balaban J connectivity index is 1.60. The van der Waals surface area contributed by atoms with Crippen LogP contribution in [0.25, 0.3) is 0 Å². The molecule has 0 saturated heterocycles. The lowest BCUT2D eigenvalue weighted by molar-refractivity contribution is -0.141. The van der Waals surface area contributed by atoms with Gasteiger partial charge in [0.15, 0.2) is 0 Å². The molecule has 2 N–H and O–H groups in total. The quantitative estimate of drug-likeness (QED) is 0.758. The van der Waals surface area contributed by atoms with Gasteiger partial charge in [-0.05, 0) is 49.9 Å². The number of carbonyl (C=O) groups is 2. The number of benzene rings is 1. The van der Waals surface area contributed by atoms with E-state index < -0.39 is 5.97 Å². The van der Waals surface area contributed by atoms with E-state index in [1.807, 2.05) is 0 Å². The molecular weight excluding hydrogens is 289 g/mol. The van der Waals surface area contributed by atoms with Crippen molar-refractivity contribution in [2.45, 2.75) is 38.1 Å². The molecule has 0 aromatic heterocycles. The summed E-state index contributed by atoms with van der Waals surface area (Å²) in [5.41, 5.74) is 0. The van der Waals surface area contributed by atoms with Crippen LogP contribution in [0.3, 0.4) is 0 Å². The molecule has 2 atom stereocenters. The highest BCUT2D eigenvalue weighted by molar-refractivity contribution is 5.76. The van der Waals surface area contributed by atoms with Crippen molar-refractivity contribution in [2.75, 3.05) is 6.61 Å². The van der Waals surface area contributed by atoms with E-state index in [9.17, 15) is 14.0 Å². The summed E-state index contributed by atoms with van der Waals surface area (Å²) in [6.07, 6.45) is 2.73. The minimum Gasteiger partial charge on any atom is -0.494 e. The summed E-state index contributed by atoms with van der Waals surface area (Å²) in [5, 5.41) is 11.8. The lowest BCUT2D eigenvalue weighted by atomic mass is 10.1. The first kappa shape index (κ1) is 16.3. The molecule has 2 rings (SSSR count). The molecule has 1 aromatic rings. The third kappa shape index (κ3) is 5.02. The summed E-state index contributed by atoms with van der Waals surface area (Å²) in [7, 11) is 0. The number of amides is 1. The summed E-state index contributed by atoms with van der Waals surface area (Å²) < 4.78 is 18.1. The van der Waals surface area contributed by atoms with Gasteiger partial charge in [0.1, 0.15) is 11.6 Å². The van der Waals surface area contributed by atoms with Crippen LogP contribution < -0.4 is 10.1 Å². The van der Waals surface area contributed by atoms with Gasteiger partial charge >= 0.3 is 5.97 Å². The molecule has 1 aromatic carbocycles. The Morgan fingerprint density at radius 2 is 2.00 bits per heavy atom. The third-order valence-corrected chi connectivity index (χ3v) is 3.78. The van der Waals surface area contributed by atoms with Crippen molar-refractivity contribution in [3.8, 4) is 5.75 Å². The molecule has 1 aliphatic carbocycles. The van der Waals surface area contributed by atoms with Gasteiger partial charge in [-0.25, -0.2) is 4.39 Å². The molecule has 1 fully saturated rings. The Kier molecular flexibility index (Phi) is 5.75. The van der Waals surface area contributed by atoms with Crippen LogP contribution in [0.4, 0.5) is 4.39 Å².